The summed E-state index contributed by atoms with van der Waals surface area (Å²) in [5, 5.41) is 0.588. The number of rotatable bonds is 4. The van der Waals surface area contributed by atoms with Gasteiger partial charge in [-0.3, -0.25) is 14.2 Å². The smallest absolute Gasteiger partial charge is 0.312 e. The molecule has 0 spiro atoms. The number of fused-ring (bicyclic) bond motifs is 1. The van der Waals surface area contributed by atoms with Crippen LogP contribution in [-0.4, -0.2) is 42.4 Å². The maximum Gasteiger partial charge on any atom is 0.312 e. The molecule has 152 valence electrons. The average Bonchev–Trinajstić information content (AvgIpc) is 3.07. The Bertz CT molecular complexity index is 1070. The zero-order valence-corrected chi connectivity index (χ0v) is 17.0. The number of esters is 1. The molecule has 3 rings (SSSR count). The highest BCUT2D eigenvalue weighted by Gasteiger charge is 2.32. The van der Waals surface area contributed by atoms with Crippen LogP contribution in [0.2, 0.25) is 0 Å². The van der Waals surface area contributed by atoms with Gasteiger partial charge in [-0.25, -0.2) is 8.42 Å². The number of hydrogen-bond acceptors (Lipinski definition) is 6. The van der Waals surface area contributed by atoms with E-state index in [0.717, 1.165) is 0 Å². The van der Waals surface area contributed by atoms with Gasteiger partial charge in [0.1, 0.15) is 0 Å². The maximum absolute atomic E-state index is 13.0. The number of sulfonamides is 1. The first-order valence-electron chi connectivity index (χ1n) is 9.07. The van der Waals surface area contributed by atoms with E-state index in [-0.39, 0.29) is 29.6 Å². The number of aromatic nitrogens is 1. The normalized spacial score (nSPS) is 18.5. The Balaban J connectivity index is 1.98. The summed E-state index contributed by atoms with van der Waals surface area (Å²) < 4.78 is 33.8. The second-order valence-corrected chi connectivity index (χ2v) is 9.94. The Hall–Kier alpha value is -2.23. The molecule has 1 aliphatic heterocycles. The first kappa shape index (κ1) is 20.5. The van der Waals surface area contributed by atoms with Crippen molar-refractivity contribution in [3.63, 3.8) is 0 Å². The minimum absolute atomic E-state index is 0.0787. The molecule has 1 saturated heterocycles. The summed E-state index contributed by atoms with van der Waals surface area (Å²) in [6.07, 6.45) is 2.05. The van der Waals surface area contributed by atoms with E-state index in [1.54, 1.807) is 32.9 Å². The van der Waals surface area contributed by atoms with Crippen molar-refractivity contribution in [1.29, 1.82) is 0 Å². The first-order chi connectivity index (χ1) is 13.0. The van der Waals surface area contributed by atoms with E-state index in [9.17, 15) is 18.0 Å². The molecule has 1 aromatic heterocycles. The molecule has 0 saturated carbocycles. The lowest BCUT2D eigenvalue weighted by molar-refractivity contribution is -0.157. The van der Waals surface area contributed by atoms with Crippen LogP contribution in [0.1, 0.15) is 27.2 Å². The van der Waals surface area contributed by atoms with Crippen LogP contribution in [0.3, 0.4) is 0 Å². The molecule has 1 fully saturated rings. The molecule has 0 radical (unpaired) electrons. The number of pyridine rings is 1. The van der Waals surface area contributed by atoms with Gasteiger partial charge in [0.2, 0.25) is 10.0 Å². The molecule has 0 aliphatic carbocycles. The Morgan fingerprint density at radius 3 is 2.57 bits per heavy atom. The van der Waals surface area contributed by atoms with E-state index in [1.807, 2.05) is 0 Å². The Labute approximate surface area is 163 Å². The minimum Gasteiger partial charge on any atom is -0.443 e. The van der Waals surface area contributed by atoms with Gasteiger partial charge >= 0.3 is 5.97 Å². The molecule has 1 aromatic carbocycles. The van der Waals surface area contributed by atoms with Gasteiger partial charge in [-0.2, -0.15) is 4.31 Å². The molecule has 8 nitrogen and oxygen atoms in total. The number of benzene rings is 1. The summed E-state index contributed by atoms with van der Waals surface area (Å²) in [5.74, 6) is -0.429. The van der Waals surface area contributed by atoms with E-state index in [2.05, 4.69) is 0 Å². The Morgan fingerprint density at radius 1 is 1.25 bits per heavy atom. The van der Waals surface area contributed by atoms with E-state index in [4.69, 9.17) is 10.5 Å². The standard InChI is InChI=1S/C19H25N3O5S/c1-19(2,3)18(24)27-12-21-9-8-14-15(17(21)23)5-4-6-16(14)28(25,26)22-10-7-13(20)11-22/h4-6,8-9,13H,7,10-12,20H2,1-3H3/t13-/m0/s1. The first-order valence-corrected chi connectivity index (χ1v) is 10.5. The van der Waals surface area contributed by atoms with Crippen LogP contribution in [0.5, 0.6) is 0 Å². The van der Waals surface area contributed by atoms with Gasteiger partial charge in [0.25, 0.3) is 5.56 Å². The van der Waals surface area contributed by atoms with Gasteiger partial charge in [-0.1, -0.05) is 6.07 Å². The summed E-state index contributed by atoms with van der Waals surface area (Å²) in [5.41, 5.74) is 4.74. The lowest BCUT2D eigenvalue weighted by atomic mass is 9.98. The molecule has 2 N–H and O–H groups in total. The van der Waals surface area contributed by atoms with Gasteiger partial charge in [0, 0.05) is 36.1 Å². The fraction of sp³-hybridized carbons (Fsp3) is 0.474. The summed E-state index contributed by atoms with van der Waals surface area (Å²) in [6, 6.07) is 5.97. The highest BCUT2D eigenvalue weighted by atomic mass is 32.2. The zero-order chi connectivity index (χ0) is 20.7. The van der Waals surface area contributed by atoms with Crippen molar-refractivity contribution >= 4 is 26.8 Å². The Morgan fingerprint density at radius 2 is 1.96 bits per heavy atom. The fourth-order valence-electron chi connectivity index (χ4n) is 3.07. The summed E-state index contributed by atoms with van der Waals surface area (Å²) in [4.78, 5) is 24.8. The third-order valence-corrected chi connectivity index (χ3v) is 6.65. The summed E-state index contributed by atoms with van der Waals surface area (Å²) >= 11 is 0. The maximum atomic E-state index is 13.0. The lowest BCUT2D eigenvalue weighted by Gasteiger charge is -2.18. The SMILES string of the molecule is CC(C)(C)C(=O)OCn1ccc2c(S(=O)(=O)N3CC[C@H](N)C3)cccc2c1=O. The number of hydrogen-bond donors (Lipinski definition) is 1. The minimum atomic E-state index is -3.75. The molecular formula is C19H25N3O5S. The molecule has 28 heavy (non-hydrogen) atoms. The van der Waals surface area contributed by atoms with Gasteiger partial charge < -0.3 is 10.5 Å². The topological polar surface area (TPSA) is 112 Å². The summed E-state index contributed by atoms with van der Waals surface area (Å²) in [6.45, 7) is 5.56. The fourth-order valence-corrected chi connectivity index (χ4v) is 4.79. The van der Waals surface area contributed by atoms with Crippen LogP contribution in [0.4, 0.5) is 0 Å². The predicted molar refractivity (Wildman–Crippen MR) is 105 cm³/mol. The van der Waals surface area contributed by atoms with Crippen molar-refractivity contribution in [3.05, 3.63) is 40.8 Å². The van der Waals surface area contributed by atoms with Crippen molar-refractivity contribution in [2.45, 2.75) is 44.9 Å². The number of ether oxygens (including phenoxy) is 1. The van der Waals surface area contributed by atoms with Crippen LogP contribution in [0.25, 0.3) is 10.8 Å². The quantitative estimate of drug-likeness (QED) is 0.764. The van der Waals surface area contributed by atoms with Crippen LogP contribution in [0.15, 0.2) is 40.2 Å². The third kappa shape index (κ3) is 3.82. The zero-order valence-electron chi connectivity index (χ0n) is 16.2. The monoisotopic (exact) mass is 407 g/mol. The van der Waals surface area contributed by atoms with Crippen molar-refractivity contribution in [2.24, 2.45) is 11.1 Å². The van der Waals surface area contributed by atoms with Crippen molar-refractivity contribution in [3.8, 4) is 0 Å². The van der Waals surface area contributed by atoms with Gasteiger partial charge in [-0.15, -0.1) is 0 Å². The summed E-state index contributed by atoms with van der Waals surface area (Å²) in [7, 11) is -3.75. The van der Waals surface area contributed by atoms with Crippen molar-refractivity contribution in [1.82, 2.24) is 8.87 Å². The number of carbonyl (C=O) groups is 1. The van der Waals surface area contributed by atoms with Crippen molar-refractivity contribution < 1.29 is 17.9 Å². The van der Waals surface area contributed by atoms with E-state index in [0.29, 0.717) is 18.4 Å². The molecule has 1 aliphatic rings. The number of carbonyl (C=O) groups excluding carboxylic acids is 1. The van der Waals surface area contributed by atoms with Crippen LogP contribution < -0.4 is 11.3 Å². The van der Waals surface area contributed by atoms with Gasteiger partial charge in [0.05, 0.1) is 10.3 Å². The number of nitrogens with two attached hydrogens (primary N) is 1. The molecule has 2 heterocycles. The molecule has 0 amide bonds. The predicted octanol–water partition coefficient (Wildman–Crippen LogP) is 1.27. The molecule has 1 atom stereocenters. The second kappa shape index (κ2) is 7.31. The van der Waals surface area contributed by atoms with Gasteiger partial charge in [-0.05, 0) is 45.4 Å². The molecule has 0 unspecified atom stereocenters. The molecule has 0 bridgehead atoms. The highest BCUT2D eigenvalue weighted by molar-refractivity contribution is 7.89. The lowest BCUT2D eigenvalue weighted by Crippen LogP contribution is -2.32. The largest absolute Gasteiger partial charge is 0.443 e. The van der Waals surface area contributed by atoms with Crippen LogP contribution >= 0.6 is 0 Å². The van der Waals surface area contributed by atoms with E-state index < -0.39 is 27.0 Å². The molecular weight excluding hydrogens is 382 g/mol. The van der Waals surface area contributed by atoms with Gasteiger partial charge in [0.15, 0.2) is 6.73 Å². The molecule has 2 aromatic rings. The van der Waals surface area contributed by atoms with E-state index >= 15 is 0 Å². The molecule has 9 heteroatoms. The highest BCUT2D eigenvalue weighted by Crippen LogP contribution is 2.26. The Kier molecular flexibility index (Phi) is 5.35. The van der Waals surface area contributed by atoms with Crippen LogP contribution in [0, 0.1) is 5.41 Å². The third-order valence-electron chi connectivity index (χ3n) is 4.73. The second-order valence-electron chi connectivity index (χ2n) is 8.03. The van der Waals surface area contributed by atoms with Crippen LogP contribution in [-0.2, 0) is 26.3 Å². The van der Waals surface area contributed by atoms with Crippen molar-refractivity contribution in [2.75, 3.05) is 13.1 Å². The van der Waals surface area contributed by atoms with E-state index in [1.165, 1.54) is 27.2 Å². The number of nitrogens with zero attached hydrogens (tertiary/aromatic N) is 2. The average molecular weight is 407 g/mol.